The number of carbonyl (C=O) groups is 7. The van der Waals surface area contributed by atoms with Crippen LogP contribution in [0.25, 0.3) is 63.8 Å². The van der Waals surface area contributed by atoms with Gasteiger partial charge in [-0.3, -0.25) is 83.1 Å². The molecule has 0 bridgehead atoms. The van der Waals surface area contributed by atoms with Gasteiger partial charge in [0.15, 0.2) is 12.6 Å². The van der Waals surface area contributed by atoms with Crippen molar-refractivity contribution < 1.29 is 54.0 Å². The molecule has 0 radical (unpaired) electrons. The Kier molecular flexibility index (Phi) is 40.0. The summed E-state index contributed by atoms with van der Waals surface area (Å²) in [5.74, 6) is -1.99. The second-order valence-corrected chi connectivity index (χ2v) is 39.8. The van der Waals surface area contributed by atoms with E-state index in [1.54, 1.807) is 91.5 Å². The molecule has 7 N–H and O–H groups in total. The van der Waals surface area contributed by atoms with Gasteiger partial charge in [-0.2, -0.15) is 15.8 Å². The van der Waals surface area contributed by atoms with Crippen molar-refractivity contribution in [3.63, 3.8) is 0 Å². The number of hydrogen-bond donors (Lipinski definition) is 7. The van der Waals surface area contributed by atoms with Crippen LogP contribution in [0.2, 0.25) is 20.1 Å². The number of nitriles is 3. The van der Waals surface area contributed by atoms with Crippen LogP contribution < -0.4 is 16.0 Å². The predicted molar refractivity (Wildman–Crippen MR) is 592 cm³/mol. The number of nitrogens with zero attached hydrogens (tertiary/aromatic N) is 13. The molecule has 4 fully saturated rings. The van der Waals surface area contributed by atoms with Crippen LogP contribution in [0.15, 0.2) is 210 Å². The number of aliphatic hydroxyl groups is 3. The van der Waals surface area contributed by atoms with Crippen molar-refractivity contribution in [3.8, 4) is 51.6 Å². The molecule has 0 spiro atoms. The Labute approximate surface area is 902 Å². The van der Waals surface area contributed by atoms with E-state index in [1.807, 2.05) is 137 Å². The fourth-order valence-corrected chi connectivity index (χ4v) is 19.6. The monoisotopic (exact) mass is 2200 g/mol. The number of carboxylic acids is 1. The number of aromatic nitrogens is 6. The van der Waals surface area contributed by atoms with Crippen LogP contribution in [0, 0.1) is 82.5 Å². The highest BCUT2D eigenvalue weighted by Crippen LogP contribution is 2.39. The van der Waals surface area contributed by atoms with Crippen LogP contribution in [0.3, 0.4) is 0 Å². The number of likely N-dealkylation sites (tertiary alicyclic amines) is 4. The Bertz CT molecular complexity index is 7400. The third-order valence-electron chi connectivity index (χ3n) is 26.2. The smallest absolute Gasteiger partial charge is 0.320 e. The Morgan fingerprint density at radius 3 is 1.15 bits per heavy atom. The van der Waals surface area contributed by atoms with E-state index in [9.17, 15) is 69.8 Å². The maximum absolute atomic E-state index is 13.3. The number of amides is 3. The number of β-amino-alcohol motifs (C(OH)–C–C–N with tert-alkyl or cyclic N) is 3. The first kappa shape index (κ1) is 112. The van der Waals surface area contributed by atoms with Gasteiger partial charge in [-0.15, -0.1) is 0 Å². The van der Waals surface area contributed by atoms with E-state index < -0.39 is 17.9 Å². The average Bonchev–Trinajstić information content (AvgIpc) is 1.45. The number of pyridine rings is 6. The van der Waals surface area contributed by atoms with E-state index in [0.29, 0.717) is 139 Å². The van der Waals surface area contributed by atoms with Gasteiger partial charge in [-0.05, 0) is 329 Å². The van der Waals surface area contributed by atoms with E-state index in [0.717, 1.165) is 182 Å². The fourth-order valence-electron chi connectivity index (χ4n) is 17.8. The van der Waals surface area contributed by atoms with Gasteiger partial charge >= 0.3 is 5.97 Å². The molecule has 17 rings (SSSR count). The number of aliphatic hydroxyl groups excluding tert-OH is 3. The number of hydrogen-bond acceptors (Lipinski definition) is 23. The van der Waals surface area contributed by atoms with Gasteiger partial charge in [0, 0.05) is 172 Å². The summed E-state index contributed by atoms with van der Waals surface area (Å²) in [6.45, 7) is 25.7. The average molecular weight is 2200 g/mol. The van der Waals surface area contributed by atoms with Gasteiger partial charge in [-0.25, -0.2) is 0 Å². The quantitative estimate of drug-likeness (QED) is 0.0248. The summed E-state index contributed by atoms with van der Waals surface area (Å²) in [5, 5.41) is 80.0. The molecular weight excluding hydrogens is 2090 g/mol. The first-order chi connectivity index (χ1) is 71.7. The van der Waals surface area contributed by atoms with Crippen LogP contribution in [-0.2, 0) is 31.0 Å². The summed E-state index contributed by atoms with van der Waals surface area (Å²) in [6, 6.07) is 53.2. The van der Waals surface area contributed by atoms with Gasteiger partial charge < -0.3 is 36.4 Å². The van der Waals surface area contributed by atoms with Crippen LogP contribution >= 0.6 is 78.3 Å². The molecule has 27 nitrogen and oxygen atoms in total. The highest BCUT2D eigenvalue weighted by molar-refractivity contribution is 9.11. The Balaban J connectivity index is 0.000000169. The molecule has 760 valence electrons. The minimum Gasteiger partial charge on any atom is -0.480 e. The lowest BCUT2D eigenvalue weighted by Crippen LogP contribution is -2.44. The second-order valence-electron chi connectivity index (χ2n) is 36.5. The van der Waals surface area contributed by atoms with E-state index in [1.165, 1.54) is 53.9 Å². The molecular formula is C116H108Br2Cl4N16O11. The van der Waals surface area contributed by atoms with Gasteiger partial charge in [0.2, 0.25) is 0 Å². The highest BCUT2D eigenvalue weighted by atomic mass is 79.9. The number of carbonyl (C=O) groups excluding carboxylic acids is 6. The maximum Gasteiger partial charge on any atom is 0.320 e. The van der Waals surface area contributed by atoms with Crippen molar-refractivity contribution in [2.45, 2.75) is 138 Å². The normalized spacial score (nSPS) is 15.5. The Morgan fingerprint density at radius 2 is 0.792 bits per heavy atom. The number of halogens is 6. The van der Waals surface area contributed by atoms with Crippen LogP contribution in [0.1, 0.15) is 207 Å². The molecule has 10 heterocycles. The van der Waals surface area contributed by atoms with Crippen molar-refractivity contribution in [1.29, 1.82) is 15.8 Å². The molecule has 0 saturated carbocycles. The van der Waals surface area contributed by atoms with Crippen LogP contribution in [0.4, 0.5) is 17.1 Å². The maximum atomic E-state index is 13.3. The summed E-state index contributed by atoms with van der Waals surface area (Å²) in [4.78, 5) is 117. The first-order valence-corrected chi connectivity index (χ1v) is 51.1. The van der Waals surface area contributed by atoms with Crippen LogP contribution in [-0.4, -0.2) is 183 Å². The SMILES string of the molecule is C=Cc1nccc(-c2cccc(NC(=O)c3ccc(C=O)cn3)c2C)c1C#N.Cc1cc(/C=C/c2nccc(-c3cccc(NC(=O)c4ccc(C=O)cn4)c3C)c2C#N)c(Cl)cc1CN1CC[C@@H](O)C1.Cc1cc(/C=C/c2nccc(-c3cccc(NC(=O)c4ccc(CN5CCCC[C@@H]5C(=O)O)cn4)c3C)c2C#N)c(Cl)cc1CN1CC[C@@H](O)C1.Cc1cc(Br)c(Cl)cc1C=O.Cc1cc(Br)c(Cl)cc1CN1CC[C@@H](O)C1. The second kappa shape index (κ2) is 53.1. The zero-order valence-corrected chi connectivity index (χ0v) is 89.1. The summed E-state index contributed by atoms with van der Waals surface area (Å²) < 4.78 is 1.76. The third kappa shape index (κ3) is 29.3. The summed E-state index contributed by atoms with van der Waals surface area (Å²) >= 11 is 31.9. The number of carboxylic acid groups (broad SMARTS) is 1. The highest BCUT2D eigenvalue weighted by Gasteiger charge is 2.31. The number of benzene rings is 7. The molecule has 0 aliphatic carbocycles. The number of nitrogens with one attached hydrogen (secondary N) is 3. The van der Waals surface area contributed by atoms with Crippen molar-refractivity contribution in [3.05, 3.63) is 370 Å². The Morgan fingerprint density at radius 1 is 0.416 bits per heavy atom. The molecule has 13 aromatic rings. The van der Waals surface area contributed by atoms with E-state index in [2.05, 4.69) is 124 Å². The van der Waals surface area contributed by atoms with E-state index >= 15 is 0 Å². The molecule has 4 saturated heterocycles. The van der Waals surface area contributed by atoms with Crippen molar-refractivity contribution in [1.82, 2.24) is 49.5 Å². The molecule has 4 aliphatic rings. The summed E-state index contributed by atoms with van der Waals surface area (Å²) in [6.07, 6.45) is 24.5. The zero-order chi connectivity index (χ0) is 107. The fraction of sp³-hybridized carbons (Fsp3) is 0.241. The predicted octanol–water partition coefficient (Wildman–Crippen LogP) is 23.0. The number of aldehydes is 3. The van der Waals surface area contributed by atoms with Crippen molar-refractivity contribution in [2.75, 3.05) is 61.8 Å². The number of anilines is 3. The first-order valence-electron chi connectivity index (χ1n) is 48.0. The van der Waals surface area contributed by atoms with Gasteiger partial charge in [0.1, 0.15) is 47.6 Å². The van der Waals surface area contributed by atoms with Crippen molar-refractivity contribution >= 4 is 168 Å². The van der Waals surface area contributed by atoms with Crippen LogP contribution in [0.5, 0.6) is 0 Å². The van der Waals surface area contributed by atoms with Crippen molar-refractivity contribution in [2.24, 2.45) is 0 Å². The number of aryl methyl sites for hydroxylation is 4. The standard InChI is InChI=1S/C40H41ClN6O4.C34H30ClN5O3.C22H16N4O2.C12H15BrClNO.C8H6BrClO/c1-25-18-28(34(41)19-29(25)23-46-17-14-30(48)24-46)10-12-36-33(20-42)32(13-15-43-36)31-6-5-7-35(26(31)2)45-39(49)37-11-9-27(21-44-37)22-47-16-4-3-8-38(47)40(50)51;1-21-14-24(30(35)15-25(21)18-40-13-11-26(42)19-40)7-9-32-29(16-36)28(10-12-37-32)27-4-3-5-31(22(27)2)39-34(43)33-8-6-23(20-41)17-38-33;1-3-19-18(11-23)17(9-10-24-19)16-5-4-6-20(14(16)2)26-22(28)21-8-7-15(13-27)12-25-21;1-8-4-11(13)12(14)5-9(8)6-15-3-2-10(16)7-15;1-5-2-7(9)8(10)3-6(5)4-11/h5-7,9-13,15,18-19,21,30,38,48H,3-4,8,14,16-17,22-24H2,1-2H3,(H,45,49)(H,50,51);3-10,12,14-15,17,20,26,42H,11,13,18-19H2,1-2H3,(H,39,43);3-10,12-13H,1H2,2H3,(H,26,28);4-5,10,16H,2-3,6-7H2,1H3;2-4H,1H3/b12-10+;9-7+;;;/t30-,38-;26-;;10-;/m11.1./s1. The minimum atomic E-state index is -0.810. The zero-order valence-electron chi connectivity index (χ0n) is 82.9. The lowest BCUT2D eigenvalue weighted by molar-refractivity contribution is -0.144. The number of aliphatic carboxylic acids is 1. The third-order valence-corrected chi connectivity index (χ3v) is 29.3. The molecule has 4 atom stereocenters. The van der Waals surface area contributed by atoms with E-state index in [-0.39, 0.29) is 47.2 Å². The molecule has 7 aromatic carbocycles. The van der Waals surface area contributed by atoms with Gasteiger partial charge in [0.25, 0.3) is 17.7 Å². The minimum absolute atomic E-state index is 0.161. The molecule has 6 aromatic heterocycles. The number of rotatable bonds is 26. The van der Waals surface area contributed by atoms with Gasteiger partial charge in [-0.1, -0.05) is 126 Å². The molecule has 3 amide bonds. The molecule has 33 heteroatoms. The number of piperidine rings is 1. The molecule has 4 aliphatic heterocycles. The summed E-state index contributed by atoms with van der Waals surface area (Å²) in [5.41, 5.74) is 23.6. The lowest BCUT2D eigenvalue weighted by atomic mass is 9.94. The summed E-state index contributed by atoms with van der Waals surface area (Å²) in [7, 11) is 0. The van der Waals surface area contributed by atoms with Gasteiger partial charge in [0.05, 0.1) is 62.1 Å². The molecule has 149 heavy (non-hydrogen) atoms. The van der Waals surface area contributed by atoms with E-state index in [4.69, 9.17) is 46.4 Å². The topological polar surface area (TPSA) is 398 Å². The Hall–Kier alpha value is -14.1. The lowest BCUT2D eigenvalue weighted by Gasteiger charge is -2.32. The molecule has 0 unspecified atom stereocenters. The largest absolute Gasteiger partial charge is 0.480 e.